The van der Waals surface area contributed by atoms with Gasteiger partial charge in [0.15, 0.2) is 5.75 Å². The van der Waals surface area contributed by atoms with Crippen LogP contribution in [0.1, 0.15) is 23.7 Å². The van der Waals surface area contributed by atoms with Gasteiger partial charge in [0, 0.05) is 7.05 Å². The molecule has 0 saturated heterocycles. The number of hydrogen-bond acceptors (Lipinski definition) is 8. The van der Waals surface area contributed by atoms with Crippen LogP contribution < -0.4 is 25.8 Å². The summed E-state index contributed by atoms with van der Waals surface area (Å²) in [5.41, 5.74) is 4.35. The molecule has 0 atom stereocenters. The Bertz CT molecular complexity index is 851. The summed E-state index contributed by atoms with van der Waals surface area (Å²) in [7, 11) is -2.32. The van der Waals surface area contributed by atoms with Crippen molar-refractivity contribution >= 4 is 39.2 Å². The van der Waals surface area contributed by atoms with Gasteiger partial charge in [-0.2, -0.15) is 8.78 Å². The maximum Gasteiger partial charge on any atom is 0.387 e. The van der Waals surface area contributed by atoms with Crippen molar-refractivity contribution in [1.82, 2.24) is 21.4 Å². The van der Waals surface area contributed by atoms with E-state index in [0.29, 0.717) is 0 Å². The van der Waals surface area contributed by atoms with Crippen molar-refractivity contribution < 1.29 is 26.7 Å². The molecule has 1 aliphatic heterocycles. The number of alkyl halides is 2. The molecule has 1 aliphatic rings. The number of hydrazone groups is 1. The van der Waals surface area contributed by atoms with Crippen LogP contribution in [0, 0.1) is 0 Å². The van der Waals surface area contributed by atoms with Crippen molar-refractivity contribution in [2.24, 2.45) is 5.10 Å². The van der Waals surface area contributed by atoms with Crippen molar-refractivity contribution in [3.05, 3.63) is 22.7 Å². The molecule has 27 heavy (non-hydrogen) atoms. The number of carbonyl (C=O) groups is 1. The number of nitrogens with one attached hydrogen (secondary N) is 4. The maximum absolute atomic E-state index is 12.6. The van der Waals surface area contributed by atoms with Gasteiger partial charge in [-0.3, -0.25) is 19.8 Å². The van der Waals surface area contributed by atoms with Crippen LogP contribution in [0.3, 0.4) is 0 Å². The Kier molecular flexibility index (Phi) is 6.62. The van der Waals surface area contributed by atoms with Crippen LogP contribution in [-0.4, -0.2) is 44.7 Å². The highest BCUT2D eigenvalue weighted by Gasteiger charge is 2.24. The molecule has 1 aromatic carbocycles. The van der Waals surface area contributed by atoms with Crippen molar-refractivity contribution in [1.29, 1.82) is 0 Å². The van der Waals surface area contributed by atoms with Crippen LogP contribution in [0.25, 0.3) is 0 Å². The second-order valence-corrected chi connectivity index (χ2v) is 7.49. The summed E-state index contributed by atoms with van der Waals surface area (Å²) < 4.78 is 55.7. The Balaban J connectivity index is 2.39. The SMILES string of the molecule is CCCS(=O)(=O)Nc1c(OC(F)F)ccc(C(=O)NC2=NNNN2C)c1Cl. The molecule has 0 radical (unpaired) electrons. The van der Waals surface area contributed by atoms with E-state index in [1.54, 1.807) is 14.0 Å². The third kappa shape index (κ3) is 5.30. The molecule has 0 unspecified atom stereocenters. The Morgan fingerprint density at radius 3 is 2.70 bits per heavy atom. The highest BCUT2D eigenvalue weighted by atomic mass is 35.5. The Labute approximate surface area is 158 Å². The normalized spacial score (nSPS) is 14.0. The molecule has 10 nitrogen and oxygen atoms in total. The molecule has 0 bridgehead atoms. The van der Waals surface area contributed by atoms with E-state index >= 15 is 0 Å². The standard InChI is InChI=1S/C13H17ClF2N6O4S/c1-3-6-27(24,25)19-10-8(26-12(15)16)5-4-7(9(10)14)11(23)17-13-18-20-21-22(13)2/h4-5,12,19-21H,3,6H2,1-2H3,(H,17,18,23). The van der Waals surface area contributed by atoms with Gasteiger partial charge in [-0.15, -0.1) is 10.6 Å². The first-order chi connectivity index (χ1) is 12.6. The molecule has 0 aliphatic carbocycles. The molecular formula is C13H17ClF2N6O4S. The number of guanidine groups is 1. The molecule has 0 fully saturated rings. The number of hydrogen-bond donors (Lipinski definition) is 4. The molecule has 1 heterocycles. The van der Waals surface area contributed by atoms with E-state index in [0.717, 1.165) is 12.1 Å². The molecule has 1 aromatic rings. The highest BCUT2D eigenvalue weighted by molar-refractivity contribution is 7.92. The Morgan fingerprint density at radius 1 is 1.44 bits per heavy atom. The van der Waals surface area contributed by atoms with E-state index in [-0.39, 0.29) is 23.7 Å². The molecule has 2 rings (SSSR count). The van der Waals surface area contributed by atoms with E-state index in [2.05, 4.69) is 30.9 Å². The van der Waals surface area contributed by atoms with Crippen molar-refractivity contribution in [3.8, 4) is 5.75 Å². The van der Waals surface area contributed by atoms with Crippen molar-refractivity contribution in [2.45, 2.75) is 20.0 Å². The molecule has 0 aromatic heterocycles. The summed E-state index contributed by atoms with van der Waals surface area (Å²) in [4.78, 5) is 12.4. The van der Waals surface area contributed by atoms with Crippen LogP contribution >= 0.6 is 11.6 Å². The van der Waals surface area contributed by atoms with E-state index < -0.39 is 39.0 Å². The summed E-state index contributed by atoms with van der Waals surface area (Å²) >= 11 is 6.12. The van der Waals surface area contributed by atoms with Gasteiger partial charge in [0.2, 0.25) is 16.0 Å². The number of benzene rings is 1. The first-order valence-corrected chi connectivity index (χ1v) is 9.59. The quantitative estimate of drug-likeness (QED) is 0.513. The minimum Gasteiger partial charge on any atom is -0.433 e. The van der Waals surface area contributed by atoms with E-state index in [4.69, 9.17) is 11.6 Å². The summed E-state index contributed by atoms with van der Waals surface area (Å²) in [6.07, 6.45) is 0.282. The lowest BCUT2D eigenvalue weighted by atomic mass is 10.1. The summed E-state index contributed by atoms with van der Waals surface area (Å²) in [5, 5.41) is 7.12. The lowest BCUT2D eigenvalue weighted by molar-refractivity contribution is -0.0493. The second-order valence-electron chi connectivity index (χ2n) is 5.27. The fourth-order valence-corrected chi connectivity index (χ4v) is 3.56. The van der Waals surface area contributed by atoms with Gasteiger partial charge in [0.25, 0.3) is 5.91 Å². The van der Waals surface area contributed by atoms with Gasteiger partial charge < -0.3 is 4.74 Å². The number of carbonyl (C=O) groups excluding carboxylic acids is 1. The maximum atomic E-state index is 12.6. The number of ether oxygens (including phenoxy) is 1. The molecular weight excluding hydrogens is 410 g/mol. The predicted molar refractivity (Wildman–Crippen MR) is 94.7 cm³/mol. The van der Waals surface area contributed by atoms with Gasteiger partial charge in [-0.25, -0.2) is 14.0 Å². The zero-order chi connectivity index (χ0) is 20.2. The summed E-state index contributed by atoms with van der Waals surface area (Å²) in [6, 6.07) is 2.15. The summed E-state index contributed by atoms with van der Waals surface area (Å²) in [5.74, 6) is -1.41. The van der Waals surface area contributed by atoms with E-state index in [1.165, 1.54) is 5.01 Å². The highest BCUT2D eigenvalue weighted by Crippen LogP contribution is 2.37. The van der Waals surface area contributed by atoms with Crippen LogP contribution in [0.15, 0.2) is 17.2 Å². The van der Waals surface area contributed by atoms with Gasteiger partial charge in [0.1, 0.15) is 5.69 Å². The number of halogens is 3. The monoisotopic (exact) mass is 426 g/mol. The van der Waals surface area contributed by atoms with Crippen LogP contribution in [0.5, 0.6) is 5.75 Å². The average molecular weight is 427 g/mol. The van der Waals surface area contributed by atoms with E-state index in [9.17, 15) is 22.0 Å². The third-order valence-electron chi connectivity index (χ3n) is 3.22. The molecule has 0 saturated carbocycles. The second kappa shape index (κ2) is 8.54. The average Bonchev–Trinajstić information content (AvgIpc) is 2.95. The number of amides is 1. The fraction of sp³-hybridized carbons (Fsp3) is 0.385. The predicted octanol–water partition coefficient (Wildman–Crippen LogP) is 1.05. The topological polar surface area (TPSA) is 124 Å². The zero-order valence-corrected chi connectivity index (χ0v) is 15.8. The summed E-state index contributed by atoms with van der Waals surface area (Å²) in [6.45, 7) is -1.59. The number of nitrogens with zero attached hydrogens (tertiary/aromatic N) is 2. The fourth-order valence-electron chi connectivity index (χ4n) is 2.06. The number of sulfonamides is 1. The first kappa shape index (κ1) is 20.9. The smallest absolute Gasteiger partial charge is 0.387 e. The Morgan fingerprint density at radius 2 is 2.15 bits per heavy atom. The minimum absolute atomic E-state index is 0.108. The third-order valence-corrected chi connectivity index (χ3v) is 5.07. The van der Waals surface area contributed by atoms with Crippen LogP contribution in [0.2, 0.25) is 5.02 Å². The number of rotatable bonds is 7. The largest absolute Gasteiger partial charge is 0.433 e. The minimum atomic E-state index is -3.88. The van der Waals surface area contributed by atoms with Crippen LogP contribution in [-0.2, 0) is 10.0 Å². The molecule has 14 heteroatoms. The van der Waals surface area contributed by atoms with Gasteiger partial charge in [-0.1, -0.05) is 18.5 Å². The first-order valence-electron chi connectivity index (χ1n) is 7.55. The zero-order valence-electron chi connectivity index (χ0n) is 14.2. The van der Waals surface area contributed by atoms with Crippen molar-refractivity contribution in [2.75, 3.05) is 17.5 Å². The van der Waals surface area contributed by atoms with Gasteiger partial charge >= 0.3 is 6.61 Å². The molecule has 4 N–H and O–H groups in total. The lowest BCUT2D eigenvalue weighted by Crippen LogP contribution is -2.45. The number of anilines is 1. The molecule has 1 amide bonds. The van der Waals surface area contributed by atoms with E-state index in [1.807, 2.05) is 0 Å². The Hall–Kier alpha value is -2.38. The van der Waals surface area contributed by atoms with Gasteiger partial charge in [-0.05, 0) is 18.6 Å². The molecule has 150 valence electrons. The van der Waals surface area contributed by atoms with Crippen LogP contribution in [0.4, 0.5) is 14.5 Å². The number of hydrazine groups is 2. The molecule has 0 spiro atoms. The van der Waals surface area contributed by atoms with Crippen molar-refractivity contribution in [3.63, 3.8) is 0 Å². The lowest BCUT2D eigenvalue weighted by Gasteiger charge is -2.17. The van der Waals surface area contributed by atoms with Gasteiger partial charge in [0.05, 0.1) is 16.3 Å².